The number of halogens is 1. The van der Waals surface area contributed by atoms with Gasteiger partial charge in [0.15, 0.2) is 5.82 Å². The summed E-state index contributed by atoms with van der Waals surface area (Å²) in [6, 6.07) is 7.86. The number of nitrogens with zero attached hydrogens (tertiary/aromatic N) is 5. The highest BCUT2D eigenvalue weighted by molar-refractivity contribution is 7.15. The van der Waals surface area contributed by atoms with Crippen molar-refractivity contribution in [3.8, 4) is 5.00 Å². The van der Waals surface area contributed by atoms with Gasteiger partial charge >= 0.3 is 0 Å². The summed E-state index contributed by atoms with van der Waals surface area (Å²) in [5.41, 5.74) is 4.15. The highest BCUT2D eigenvalue weighted by atomic mass is 35.5. The van der Waals surface area contributed by atoms with E-state index in [1.54, 1.807) is 11.3 Å². The molecule has 0 spiro atoms. The maximum atomic E-state index is 13.4. The lowest BCUT2D eigenvalue weighted by atomic mass is 9.97. The molecule has 3 aromatic rings. The van der Waals surface area contributed by atoms with E-state index in [2.05, 4.69) is 28.6 Å². The van der Waals surface area contributed by atoms with Gasteiger partial charge in [-0.1, -0.05) is 43.6 Å². The molecule has 1 atom stereocenters. The van der Waals surface area contributed by atoms with E-state index in [9.17, 15) is 4.79 Å². The van der Waals surface area contributed by atoms with E-state index in [-0.39, 0.29) is 11.8 Å². The molecule has 0 unspecified atom stereocenters. The largest absolute Gasteiger partial charge is 0.342 e. The molecule has 2 aromatic heterocycles. The van der Waals surface area contributed by atoms with Crippen LogP contribution in [-0.2, 0) is 24.2 Å². The molecule has 0 fully saturated rings. The fourth-order valence-electron chi connectivity index (χ4n) is 5.00. The highest BCUT2D eigenvalue weighted by Crippen LogP contribution is 2.43. The van der Waals surface area contributed by atoms with E-state index in [0.29, 0.717) is 11.6 Å². The second kappa shape index (κ2) is 9.03. The maximum Gasteiger partial charge on any atom is 0.226 e. The number of hydrogen-bond donors (Lipinski definition) is 0. The summed E-state index contributed by atoms with van der Waals surface area (Å²) in [5.74, 6) is 1.96. The van der Waals surface area contributed by atoms with Gasteiger partial charge in [0.1, 0.15) is 17.4 Å². The van der Waals surface area contributed by atoms with Crippen molar-refractivity contribution in [3.05, 3.63) is 62.5 Å². The number of benzene rings is 1. The Kier molecular flexibility index (Phi) is 6.10. The number of rotatable bonds is 6. The van der Waals surface area contributed by atoms with Crippen molar-refractivity contribution in [2.75, 3.05) is 13.1 Å². The highest BCUT2D eigenvalue weighted by Gasteiger charge is 2.38. The number of aliphatic imine (C=N–C) groups is 1. The molecule has 1 amide bonds. The van der Waals surface area contributed by atoms with Gasteiger partial charge < -0.3 is 4.90 Å². The van der Waals surface area contributed by atoms with Crippen molar-refractivity contribution < 1.29 is 4.79 Å². The van der Waals surface area contributed by atoms with Crippen molar-refractivity contribution in [3.63, 3.8) is 0 Å². The molecule has 1 aliphatic carbocycles. The van der Waals surface area contributed by atoms with Crippen LogP contribution < -0.4 is 0 Å². The van der Waals surface area contributed by atoms with Crippen molar-refractivity contribution in [2.24, 2.45) is 10.9 Å². The summed E-state index contributed by atoms with van der Waals surface area (Å²) >= 11 is 8.38. The molecule has 0 radical (unpaired) electrons. The number of fused-ring (bicyclic) bond motifs is 5. The van der Waals surface area contributed by atoms with Gasteiger partial charge in [-0.25, -0.2) is 0 Å². The maximum absolute atomic E-state index is 13.4. The number of carbonyl (C=O) groups is 1. The third kappa shape index (κ3) is 3.81. The first-order chi connectivity index (χ1) is 16.0. The number of thiophene rings is 1. The Balaban J connectivity index is 1.59. The molecule has 8 heteroatoms. The minimum absolute atomic E-state index is 0.00752. The van der Waals surface area contributed by atoms with E-state index in [1.165, 1.54) is 10.4 Å². The van der Waals surface area contributed by atoms with Crippen molar-refractivity contribution in [1.82, 2.24) is 19.7 Å². The van der Waals surface area contributed by atoms with Crippen molar-refractivity contribution in [1.29, 1.82) is 0 Å². The quantitative estimate of drug-likeness (QED) is 0.497. The molecule has 0 N–H and O–H groups in total. The van der Waals surface area contributed by atoms with Gasteiger partial charge in [0, 0.05) is 40.0 Å². The van der Waals surface area contributed by atoms with Crippen LogP contribution in [0.25, 0.3) is 5.00 Å². The van der Waals surface area contributed by atoms with E-state index in [1.807, 2.05) is 36.1 Å². The number of aryl methyl sites for hydroxylation is 1. The van der Waals surface area contributed by atoms with Gasteiger partial charge in [0.2, 0.25) is 5.91 Å². The molecular formula is C25H28ClN5OS. The van der Waals surface area contributed by atoms with Crippen LogP contribution in [0.15, 0.2) is 29.3 Å². The summed E-state index contributed by atoms with van der Waals surface area (Å²) in [6.07, 6.45) is 3.48. The molecule has 0 saturated heterocycles. The average molecular weight is 482 g/mol. The number of aromatic nitrogens is 3. The molecule has 0 bridgehead atoms. The Labute approximate surface area is 203 Å². The average Bonchev–Trinajstić information content (AvgIpc) is 3.44. The summed E-state index contributed by atoms with van der Waals surface area (Å²) in [6.45, 7) is 8.33. The first kappa shape index (κ1) is 22.3. The molecule has 5 rings (SSSR count). The zero-order valence-corrected chi connectivity index (χ0v) is 20.8. The lowest BCUT2D eigenvalue weighted by molar-refractivity contribution is -0.135. The topological polar surface area (TPSA) is 63.4 Å². The van der Waals surface area contributed by atoms with Crippen molar-refractivity contribution in [2.45, 2.75) is 53.0 Å². The predicted octanol–water partition coefficient (Wildman–Crippen LogP) is 5.01. The predicted molar refractivity (Wildman–Crippen MR) is 133 cm³/mol. The second-order valence-corrected chi connectivity index (χ2v) is 10.2. The summed E-state index contributed by atoms with van der Waals surface area (Å²) in [4.78, 5) is 21.7. The lowest BCUT2D eigenvalue weighted by Crippen LogP contribution is -2.37. The Bertz CT molecular complexity index is 1240. The Hall–Kier alpha value is -2.51. The summed E-state index contributed by atoms with van der Waals surface area (Å²) < 4.78 is 2.13. The summed E-state index contributed by atoms with van der Waals surface area (Å²) in [7, 11) is 0. The van der Waals surface area contributed by atoms with E-state index < -0.39 is 0 Å². The second-order valence-electron chi connectivity index (χ2n) is 8.76. The van der Waals surface area contributed by atoms with Gasteiger partial charge in [-0.3, -0.25) is 14.4 Å². The van der Waals surface area contributed by atoms with Crippen molar-refractivity contribution >= 4 is 34.6 Å². The Morgan fingerprint density at radius 3 is 2.67 bits per heavy atom. The fourth-order valence-corrected chi connectivity index (χ4v) is 6.70. The fraction of sp³-hybridized carbons (Fsp3) is 0.440. The third-order valence-electron chi connectivity index (χ3n) is 6.44. The molecule has 33 heavy (non-hydrogen) atoms. The van der Waals surface area contributed by atoms with Gasteiger partial charge in [0.25, 0.3) is 0 Å². The minimum Gasteiger partial charge on any atom is -0.342 e. The molecule has 2 aliphatic rings. The molecule has 6 nitrogen and oxygen atoms in total. The summed E-state index contributed by atoms with van der Waals surface area (Å²) in [5, 5.41) is 10.5. The van der Waals surface area contributed by atoms with Crippen LogP contribution in [0.4, 0.5) is 0 Å². The zero-order chi connectivity index (χ0) is 23.1. The monoisotopic (exact) mass is 481 g/mol. The lowest BCUT2D eigenvalue weighted by Gasteiger charge is -2.25. The molecule has 172 valence electrons. The van der Waals surface area contributed by atoms with Crippen LogP contribution in [0.2, 0.25) is 5.02 Å². The SMILES string of the molecule is CCCN(CCC)C(=O)[C@@H]1Cc2sc3c(c2C1)C(c1ccccc1Cl)=NCc1nnc(C)n1-3. The first-order valence-electron chi connectivity index (χ1n) is 11.7. The molecule has 1 aromatic carbocycles. The number of amides is 1. The first-order valence-corrected chi connectivity index (χ1v) is 12.9. The Morgan fingerprint density at radius 1 is 1.18 bits per heavy atom. The minimum atomic E-state index is -0.00752. The Morgan fingerprint density at radius 2 is 1.94 bits per heavy atom. The van der Waals surface area contributed by atoms with Crippen LogP contribution in [0.3, 0.4) is 0 Å². The number of hydrogen-bond acceptors (Lipinski definition) is 5. The van der Waals surface area contributed by atoms with Crippen LogP contribution in [-0.4, -0.2) is 44.4 Å². The van der Waals surface area contributed by atoms with E-state index in [0.717, 1.165) is 72.3 Å². The number of carbonyl (C=O) groups excluding carboxylic acids is 1. The standard InChI is InChI=1S/C25H28ClN5OS/c1-4-10-30(11-5-2)24(32)16-12-18-20(13-16)33-25-22(18)23(17-8-6-7-9-19(17)26)27-14-21-29-28-15(3)31(21)25/h6-9,16H,4-5,10-14H2,1-3H3/t16-/m0/s1. The van der Waals surface area contributed by atoms with Crippen LogP contribution >= 0.6 is 22.9 Å². The zero-order valence-electron chi connectivity index (χ0n) is 19.3. The van der Waals surface area contributed by atoms with Crippen LogP contribution in [0.5, 0.6) is 0 Å². The van der Waals surface area contributed by atoms with Gasteiger partial charge in [-0.2, -0.15) is 0 Å². The van der Waals surface area contributed by atoms with E-state index in [4.69, 9.17) is 16.6 Å². The molecule has 1 aliphatic heterocycles. The van der Waals surface area contributed by atoms with Gasteiger partial charge in [-0.15, -0.1) is 21.5 Å². The van der Waals surface area contributed by atoms with Gasteiger partial charge in [0.05, 0.1) is 5.71 Å². The van der Waals surface area contributed by atoms with E-state index >= 15 is 0 Å². The molecular weight excluding hydrogens is 454 g/mol. The normalized spacial score (nSPS) is 16.6. The van der Waals surface area contributed by atoms with Crippen LogP contribution in [0.1, 0.15) is 59.9 Å². The molecule has 0 saturated carbocycles. The smallest absolute Gasteiger partial charge is 0.226 e. The third-order valence-corrected chi connectivity index (χ3v) is 8.01. The van der Waals surface area contributed by atoms with Gasteiger partial charge in [-0.05, 0) is 44.2 Å². The van der Waals surface area contributed by atoms with Crippen LogP contribution in [0, 0.1) is 12.8 Å². The molecule has 3 heterocycles.